The van der Waals surface area contributed by atoms with Crippen molar-refractivity contribution in [1.82, 2.24) is 0 Å². The topological polar surface area (TPSA) is 50.4 Å². The highest BCUT2D eigenvalue weighted by atomic mass is 35.5. The van der Waals surface area contributed by atoms with E-state index in [-0.39, 0.29) is 22.1 Å². The van der Waals surface area contributed by atoms with Crippen molar-refractivity contribution in [1.29, 1.82) is 0 Å². The zero-order valence-corrected chi connectivity index (χ0v) is 13.7. The van der Waals surface area contributed by atoms with Crippen LogP contribution >= 0.6 is 11.6 Å². The Hall–Kier alpha value is -2.26. The third-order valence-corrected chi connectivity index (χ3v) is 3.88. The molecule has 4 heteroatoms. The lowest BCUT2D eigenvalue weighted by atomic mass is 10.0. The van der Waals surface area contributed by atoms with Crippen LogP contribution < -0.4 is 5.43 Å². The summed E-state index contributed by atoms with van der Waals surface area (Å²) in [5, 5.41) is 10.3. The molecule has 0 aliphatic heterocycles. The van der Waals surface area contributed by atoms with Crippen LogP contribution in [0.3, 0.4) is 0 Å². The van der Waals surface area contributed by atoms with Gasteiger partial charge in [0.1, 0.15) is 22.5 Å². The van der Waals surface area contributed by atoms with Crippen LogP contribution in [0.2, 0.25) is 5.02 Å². The van der Waals surface area contributed by atoms with Crippen molar-refractivity contribution in [3.63, 3.8) is 0 Å². The number of hydrogen-bond donors (Lipinski definition) is 1. The third-order valence-electron chi connectivity index (χ3n) is 3.66. The Morgan fingerprint density at radius 1 is 1.13 bits per heavy atom. The second-order valence-electron chi connectivity index (χ2n) is 6.07. The highest BCUT2D eigenvalue weighted by Crippen LogP contribution is 2.30. The summed E-state index contributed by atoms with van der Waals surface area (Å²) >= 11 is 5.92. The molecule has 0 unspecified atom stereocenters. The summed E-state index contributed by atoms with van der Waals surface area (Å²) in [6, 6.07) is 12.2. The number of phenols is 1. The van der Waals surface area contributed by atoms with Crippen LogP contribution in [0.25, 0.3) is 22.3 Å². The zero-order valence-electron chi connectivity index (χ0n) is 13.0. The predicted octanol–water partition coefficient (Wildman–Crippen LogP) is 5.02. The Morgan fingerprint density at radius 3 is 2.48 bits per heavy atom. The fourth-order valence-corrected chi connectivity index (χ4v) is 2.86. The van der Waals surface area contributed by atoms with Gasteiger partial charge in [0.25, 0.3) is 0 Å². The number of fused-ring (bicyclic) bond motifs is 1. The molecule has 0 amide bonds. The molecule has 0 bridgehead atoms. The molecule has 1 heterocycles. The first-order chi connectivity index (χ1) is 10.9. The molecular formula is C19H17ClO3. The van der Waals surface area contributed by atoms with Crippen molar-refractivity contribution >= 4 is 22.6 Å². The fraction of sp³-hybridized carbons (Fsp3) is 0.211. The van der Waals surface area contributed by atoms with E-state index in [1.807, 2.05) is 24.3 Å². The average Bonchev–Trinajstić information content (AvgIpc) is 2.46. The molecule has 0 saturated heterocycles. The lowest BCUT2D eigenvalue weighted by Gasteiger charge is -2.07. The minimum atomic E-state index is -0.290. The smallest absolute Gasteiger partial charge is 0.197 e. The molecule has 3 nitrogen and oxygen atoms in total. The molecule has 0 spiro atoms. The van der Waals surface area contributed by atoms with Crippen molar-refractivity contribution < 1.29 is 9.52 Å². The number of phenolic OH excluding ortho intramolecular Hbond substituents is 1. The molecule has 23 heavy (non-hydrogen) atoms. The Balaban J connectivity index is 2.08. The molecule has 0 fully saturated rings. The summed E-state index contributed by atoms with van der Waals surface area (Å²) in [5.74, 6) is 0.880. The molecule has 0 aliphatic rings. The normalized spacial score (nSPS) is 11.3. The summed E-state index contributed by atoms with van der Waals surface area (Å²) in [5.41, 5.74) is 2.05. The van der Waals surface area contributed by atoms with E-state index in [0.717, 1.165) is 12.0 Å². The Kier molecular flexibility index (Phi) is 4.14. The summed E-state index contributed by atoms with van der Waals surface area (Å²) in [6.07, 6.45) is 1.01. The molecule has 0 saturated carbocycles. The first-order valence-corrected chi connectivity index (χ1v) is 7.87. The van der Waals surface area contributed by atoms with Gasteiger partial charge in [0, 0.05) is 22.7 Å². The molecule has 3 rings (SSSR count). The molecule has 1 N–H and O–H groups in total. The Morgan fingerprint density at radius 2 is 1.83 bits per heavy atom. The SMILES string of the molecule is CC(C)Cc1ccc(-c2cc(=O)c3c(O)cc(Cl)cc3o2)cc1. The van der Waals surface area contributed by atoms with Crippen molar-refractivity contribution in [3.05, 3.63) is 63.3 Å². The van der Waals surface area contributed by atoms with Gasteiger partial charge in [-0.05, 0) is 24.0 Å². The van der Waals surface area contributed by atoms with Gasteiger partial charge >= 0.3 is 0 Å². The van der Waals surface area contributed by atoms with E-state index in [4.69, 9.17) is 16.0 Å². The Labute approximate surface area is 139 Å². The number of aromatic hydroxyl groups is 1. The van der Waals surface area contributed by atoms with Gasteiger partial charge in [-0.25, -0.2) is 0 Å². The van der Waals surface area contributed by atoms with E-state index >= 15 is 0 Å². The van der Waals surface area contributed by atoms with Crippen LogP contribution in [0, 0.1) is 5.92 Å². The standard InChI is InChI=1S/C19H17ClO3/c1-11(2)7-12-3-5-13(6-4-12)17-10-16(22)19-15(21)8-14(20)9-18(19)23-17/h3-6,8-11,21H,7H2,1-2H3. The van der Waals surface area contributed by atoms with Crippen molar-refractivity contribution in [2.75, 3.05) is 0 Å². The van der Waals surface area contributed by atoms with E-state index in [0.29, 0.717) is 16.7 Å². The van der Waals surface area contributed by atoms with E-state index in [9.17, 15) is 9.90 Å². The average molecular weight is 329 g/mol. The van der Waals surface area contributed by atoms with Gasteiger partial charge in [0.2, 0.25) is 0 Å². The van der Waals surface area contributed by atoms with Gasteiger partial charge in [-0.15, -0.1) is 0 Å². The van der Waals surface area contributed by atoms with Gasteiger partial charge in [0.15, 0.2) is 5.43 Å². The maximum Gasteiger partial charge on any atom is 0.197 e. The maximum atomic E-state index is 12.3. The zero-order chi connectivity index (χ0) is 16.6. The molecule has 0 aliphatic carbocycles. The molecule has 2 aromatic carbocycles. The summed E-state index contributed by atoms with van der Waals surface area (Å²) < 4.78 is 5.77. The van der Waals surface area contributed by atoms with E-state index in [1.54, 1.807) is 0 Å². The summed E-state index contributed by atoms with van der Waals surface area (Å²) in [4.78, 5) is 12.3. The van der Waals surface area contributed by atoms with Crippen molar-refractivity contribution in [2.24, 2.45) is 5.92 Å². The molecule has 118 valence electrons. The second-order valence-corrected chi connectivity index (χ2v) is 6.50. The second kappa shape index (κ2) is 6.09. The van der Waals surface area contributed by atoms with Crippen LogP contribution in [0.15, 0.2) is 51.7 Å². The highest BCUT2D eigenvalue weighted by Gasteiger charge is 2.12. The maximum absolute atomic E-state index is 12.3. The van der Waals surface area contributed by atoms with E-state index < -0.39 is 0 Å². The van der Waals surface area contributed by atoms with Gasteiger partial charge in [0.05, 0.1) is 0 Å². The van der Waals surface area contributed by atoms with E-state index in [2.05, 4.69) is 13.8 Å². The van der Waals surface area contributed by atoms with Crippen LogP contribution in [0.1, 0.15) is 19.4 Å². The highest BCUT2D eigenvalue weighted by molar-refractivity contribution is 6.31. The first kappa shape index (κ1) is 15.6. The largest absolute Gasteiger partial charge is 0.507 e. The number of halogens is 1. The minimum absolute atomic E-state index is 0.148. The molecule has 0 radical (unpaired) electrons. The van der Waals surface area contributed by atoms with Crippen LogP contribution in [0.5, 0.6) is 5.75 Å². The lowest BCUT2D eigenvalue weighted by molar-refractivity contribution is 0.480. The third kappa shape index (κ3) is 3.25. The minimum Gasteiger partial charge on any atom is -0.507 e. The van der Waals surface area contributed by atoms with Gasteiger partial charge in [-0.3, -0.25) is 4.79 Å². The molecule has 0 atom stereocenters. The van der Waals surface area contributed by atoms with Gasteiger partial charge in [-0.2, -0.15) is 0 Å². The monoisotopic (exact) mass is 328 g/mol. The number of hydrogen-bond acceptors (Lipinski definition) is 3. The lowest BCUT2D eigenvalue weighted by Crippen LogP contribution is -2.01. The first-order valence-electron chi connectivity index (χ1n) is 7.49. The van der Waals surface area contributed by atoms with Crippen LogP contribution in [0.4, 0.5) is 0 Å². The Bertz CT molecular complexity index is 908. The fourth-order valence-electron chi connectivity index (χ4n) is 2.65. The van der Waals surface area contributed by atoms with Crippen LogP contribution in [-0.2, 0) is 6.42 Å². The van der Waals surface area contributed by atoms with Gasteiger partial charge < -0.3 is 9.52 Å². The van der Waals surface area contributed by atoms with Crippen molar-refractivity contribution in [2.45, 2.75) is 20.3 Å². The quantitative estimate of drug-likeness (QED) is 0.734. The van der Waals surface area contributed by atoms with Gasteiger partial charge in [-0.1, -0.05) is 49.7 Å². The molecular weight excluding hydrogens is 312 g/mol. The van der Waals surface area contributed by atoms with E-state index in [1.165, 1.54) is 23.8 Å². The predicted molar refractivity (Wildman–Crippen MR) is 93.1 cm³/mol. The molecule has 1 aromatic heterocycles. The molecule has 3 aromatic rings. The number of benzene rings is 2. The van der Waals surface area contributed by atoms with Crippen molar-refractivity contribution in [3.8, 4) is 17.1 Å². The number of rotatable bonds is 3. The van der Waals surface area contributed by atoms with Crippen LogP contribution in [-0.4, -0.2) is 5.11 Å². The summed E-state index contributed by atoms with van der Waals surface area (Å²) in [7, 11) is 0. The summed E-state index contributed by atoms with van der Waals surface area (Å²) in [6.45, 7) is 4.35.